The molecule has 0 bridgehead atoms. The van der Waals surface area contributed by atoms with Crippen molar-refractivity contribution in [1.82, 2.24) is 4.57 Å². The number of carbonyl (C=O) groups is 1. The summed E-state index contributed by atoms with van der Waals surface area (Å²) >= 11 is 25.0. The van der Waals surface area contributed by atoms with Crippen LogP contribution in [0, 0.1) is 0 Å². The Bertz CT molecular complexity index is 1200. The molecule has 0 saturated heterocycles. The Labute approximate surface area is 183 Å². The third kappa shape index (κ3) is 4.42. The van der Waals surface area contributed by atoms with E-state index in [4.69, 9.17) is 51.1 Å². The topological polar surface area (TPSA) is 60.7 Å². The molecule has 0 fully saturated rings. The first-order chi connectivity index (χ1) is 13.3. The van der Waals surface area contributed by atoms with Crippen LogP contribution in [0.1, 0.15) is 9.67 Å². The number of methoxy groups -OCH3 is 1. The molecule has 0 aliphatic carbocycles. The van der Waals surface area contributed by atoms with Crippen molar-refractivity contribution in [2.75, 3.05) is 7.11 Å². The zero-order chi connectivity index (χ0) is 20.4. The first kappa shape index (κ1) is 20.9. The van der Waals surface area contributed by atoms with E-state index in [2.05, 4.69) is 4.99 Å². The average Bonchev–Trinajstić information content (AvgIpc) is 2.66. The molecule has 3 aromatic rings. The number of carbonyl (C=O) groups excluding carboxylic acids is 1. The highest BCUT2D eigenvalue weighted by atomic mass is 35.5. The van der Waals surface area contributed by atoms with E-state index in [9.17, 15) is 9.59 Å². The molecule has 0 saturated carbocycles. The number of ether oxygens (including phenoxy) is 1. The second-order valence-corrected chi connectivity index (χ2v) is 8.00. The number of aromatic nitrogens is 1. The van der Waals surface area contributed by atoms with E-state index >= 15 is 0 Å². The van der Waals surface area contributed by atoms with Gasteiger partial charge in [-0.3, -0.25) is 9.36 Å². The molecule has 144 valence electrons. The smallest absolute Gasteiger partial charge is 0.348 e. The fraction of sp³-hybridized carbons (Fsp3) is 0.0556. The molecule has 0 aliphatic heterocycles. The molecular weight excluding hydrogens is 466 g/mol. The molecular formula is C18H10Cl4N2O3S. The number of hydrogen-bond donors (Lipinski definition) is 0. The van der Waals surface area contributed by atoms with Crippen LogP contribution in [0.15, 0.2) is 52.3 Å². The number of esters is 1. The fourth-order valence-electron chi connectivity index (χ4n) is 2.25. The van der Waals surface area contributed by atoms with Gasteiger partial charge in [-0.25, -0.2) is 9.79 Å². The van der Waals surface area contributed by atoms with Crippen molar-refractivity contribution in [1.29, 1.82) is 0 Å². The van der Waals surface area contributed by atoms with Crippen molar-refractivity contribution in [3.05, 3.63) is 82.6 Å². The van der Waals surface area contributed by atoms with Gasteiger partial charge < -0.3 is 4.74 Å². The highest BCUT2D eigenvalue weighted by molar-refractivity contribution is 7.11. The Morgan fingerprint density at radius 1 is 0.964 bits per heavy atom. The largest absolute Gasteiger partial charge is 0.465 e. The summed E-state index contributed by atoms with van der Waals surface area (Å²) in [4.78, 5) is 29.5. The second kappa shape index (κ2) is 8.68. The van der Waals surface area contributed by atoms with Crippen LogP contribution in [-0.4, -0.2) is 17.6 Å². The summed E-state index contributed by atoms with van der Waals surface area (Å²) < 4.78 is 6.02. The van der Waals surface area contributed by atoms with Gasteiger partial charge in [-0.15, -0.1) is 0 Å². The Hall–Kier alpha value is -1.83. The minimum atomic E-state index is -0.644. The summed E-state index contributed by atoms with van der Waals surface area (Å²) in [6.45, 7) is 0. The zero-order valence-corrected chi connectivity index (χ0v) is 17.9. The first-order valence-corrected chi connectivity index (χ1v) is 9.93. The molecule has 1 aromatic heterocycles. The highest BCUT2D eigenvalue weighted by Crippen LogP contribution is 2.27. The van der Waals surface area contributed by atoms with Gasteiger partial charge in [0.2, 0.25) is 0 Å². The van der Waals surface area contributed by atoms with Gasteiger partial charge in [0.05, 0.1) is 38.6 Å². The Morgan fingerprint density at radius 3 is 2.21 bits per heavy atom. The SMILES string of the molecule is COC(=O)c1cc(=O)n(-c2ccc(Cl)c(Cl)c2)c(=Nc2ccc(Cl)c(Cl)c2)s1. The molecule has 0 unspecified atom stereocenters. The van der Waals surface area contributed by atoms with Crippen molar-refractivity contribution in [3.63, 3.8) is 0 Å². The van der Waals surface area contributed by atoms with Crippen molar-refractivity contribution >= 4 is 69.4 Å². The maximum Gasteiger partial charge on any atom is 0.348 e. The summed E-state index contributed by atoms with van der Waals surface area (Å²) in [7, 11) is 1.23. The molecule has 3 rings (SSSR count). The van der Waals surface area contributed by atoms with Crippen molar-refractivity contribution in [3.8, 4) is 5.69 Å². The normalized spacial score (nSPS) is 11.5. The van der Waals surface area contributed by atoms with Crippen LogP contribution in [0.5, 0.6) is 0 Å². The van der Waals surface area contributed by atoms with Gasteiger partial charge in [-0.2, -0.15) is 0 Å². The van der Waals surface area contributed by atoms with Crippen LogP contribution in [0.25, 0.3) is 5.69 Å². The van der Waals surface area contributed by atoms with Crippen LogP contribution < -0.4 is 10.4 Å². The summed E-state index contributed by atoms with van der Waals surface area (Å²) in [6.07, 6.45) is 0. The molecule has 2 aromatic carbocycles. The first-order valence-electron chi connectivity index (χ1n) is 7.61. The average molecular weight is 476 g/mol. The second-order valence-electron chi connectivity index (χ2n) is 5.37. The summed E-state index contributed by atoms with van der Waals surface area (Å²) in [5.74, 6) is -0.644. The monoisotopic (exact) mass is 474 g/mol. The molecule has 1 heterocycles. The van der Waals surface area contributed by atoms with E-state index in [1.54, 1.807) is 30.3 Å². The van der Waals surface area contributed by atoms with E-state index < -0.39 is 11.5 Å². The van der Waals surface area contributed by atoms with E-state index in [0.29, 0.717) is 26.4 Å². The molecule has 5 nitrogen and oxygen atoms in total. The van der Waals surface area contributed by atoms with Gasteiger partial charge in [0.15, 0.2) is 4.80 Å². The Morgan fingerprint density at radius 2 is 1.61 bits per heavy atom. The van der Waals surface area contributed by atoms with Gasteiger partial charge >= 0.3 is 5.97 Å². The van der Waals surface area contributed by atoms with Crippen molar-refractivity contribution < 1.29 is 9.53 Å². The summed E-state index contributed by atoms with van der Waals surface area (Å²) in [5.41, 5.74) is 0.392. The standard InChI is InChI=1S/C18H10Cl4N2O3S/c1-27-17(26)15-8-16(25)24(10-3-5-12(20)14(22)7-10)18(28-15)23-9-2-4-11(19)13(21)6-9/h2-8H,1H3. The van der Waals surface area contributed by atoms with Crippen molar-refractivity contribution in [2.45, 2.75) is 0 Å². The fourth-order valence-corrected chi connectivity index (χ4v) is 3.79. The molecule has 0 N–H and O–H groups in total. The lowest BCUT2D eigenvalue weighted by Gasteiger charge is -2.09. The van der Waals surface area contributed by atoms with Crippen LogP contribution in [0.3, 0.4) is 0 Å². The molecule has 0 aliphatic rings. The molecule has 28 heavy (non-hydrogen) atoms. The third-order valence-corrected chi connectivity index (χ3v) is 5.98. The quantitative estimate of drug-likeness (QED) is 0.467. The lowest BCUT2D eigenvalue weighted by Crippen LogP contribution is -2.31. The molecule has 0 radical (unpaired) electrons. The van der Waals surface area contributed by atoms with E-state index in [-0.39, 0.29) is 14.7 Å². The van der Waals surface area contributed by atoms with E-state index in [0.717, 1.165) is 11.3 Å². The number of halogens is 4. The minimum Gasteiger partial charge on any atom is -0.465 e. The van der Waals surface area contributed by atoms with Crippen molar-refractivity contribution in [2.24, 2.45) is 4.99 Å². The minimum absolute atomic E-state index is 0.0996. The predicted octanol–water partition coefficient (Wildman–Crippen LogP) is 5.53. The summed E-state index contributed by atoms with van der Waals surface area (Å²) in [6, 6.07) is 10.7. The lowest BCUT2D eigenvalue weighted by atomic mass is 10.3. The van der Waals surface area contributed by atoms with Gasteiger partial charge in [0.1, 0.15) is 4.88 Å². The number of nitrogens with zero attached hydrogens (tertiary/aromatic N) is 2. The molecule has 0 atom stereocenters. The Balaban J connectivity index is 2.33. The van der Waals surface area contributed by atoms with Gasteiger partial charge in [-0.1, -0.05) is 57.7 Å². The van der Waals surface area contributed by atoms with E-state index in [1.165, 1.54) is 23.8 Å². The van der Waals surface area contributed by atoms with Gasteiger partial charge in [-0.05, 0) is 36.4 Å². The van der Waals surface area contributed by atoms with Crippen LogP contribution in [0.4, 0.5) is 5.69 Å². The number of rotatable bonds is 3. The van der Waals surface area contributed by atoms with Gasteiger partial charge in [0, 0.05) is 6.07 Å². The zero-order valence-electron chi connectivity index (χ0n) is 14.1. The summed E-state index contributed by atoms with van der Waals surface area (Å²) in [5, 5.41) is 1.29. The highest BCUT2D eigenvalue weighted by Gasteiger charge is 2.14. The van der Waals surface area contributed by atoms with E-state index in [1.807, 2.05) is 0 Å². The van der Waals surface area contributed by atoms with Crippen LogP contribution in [-0.2, 0) is 4.74 Å². The molecule has 10 heteroatoms. The maximum atomic E-state index is 12.8. The Kier molecular flexibility index (Phi) is 6.47. The predicted molar refractivity (Wildman–Crippen MR) is 113 cm³/mol. The lowest BCUT2D eigenvalue weighted by molar-refractivity contribution is 0.0606. The van der Waals surface area contributed by atoms with Crippen LogP contribution in [0.2, 0.25) is 20.1 Å². The number of hydrogen-bond acceptors (Lipinski definition) is 5. The molecule has 0 amide bonds. The van der Waals surface area contributed by atoms with Crippen LogP contribution >= 0.6 is 57.7 Å². The third-order valence-electron chi connectivity index (χ3n) is 3.54. The number of benzene rings is 2. The maximum absolute atomic E-state index is 12.8. The van der Waals surface area contributed by atoms with Gasteiger partial charge in [0.25, 0.3) is 5.56 Å². The molecule has 0 spiro atoms.